The van der Waals surface area contributed by atoms with E-state index in [9.17, 15) is 18.0 Å². The van der Waals surface area contributed by atoms with Gasteiger partial charge in [-0.1, -0.05) is 48.5 Å². The molecule has 0 saturated heterocycles. The maximum absolute atomic E-state index is 12.3. The zero-order chi connectivity index (χ0) is 21.4. The van der Waals surface area contributed by atoms with Crippen molar-refractivity contribution in [3.05, 3.63) is 96.3 Å². The molecule has 154 valence electrons. The lowest BCUT2D eigenvalue weighted by Crippen LogP contribution is -2.44. The van der Waals surface area contributed by atoms with Crippen LogP contribution in [0.25, 0.3) is 0 Å². The smallest absolute Gasteiger partial charge is 0.290 e. The lowest BCUT2D eigenvalue weighted by Gasteiger charge is -2.08. The molecule has 9 heteroatoms. The van der Waals surface area contributed by atoms with E-state index in [0.717, 1.165) is 0 Å². The number of anilines is 1. The fraction of sp³-hybridized carbons (Fsp3) is 0.0952. The summed E-state index contributed by atoms with van der Waals surface area (Å²) in [5.74, 6) is -1.15. The van der Waals surface area contributed by atoms with E-state index in [0.29, 0.717) is 11.3 Å². The number of carbonyl (C=O) groups excluding carboxylic acids is 2. The summed E-state index contributed by atoms with van der Waals surface area (Å²) in [6, 6.07) is 20.8. The van der Waals surface area contributed by atoms with Crippen LogP contribution in [0.5, 0.6) is 0 Å². The van der Waals surface area contributed by atoms with Gasteiger partial charge in [0.2, 0.25) is 16.6 Å². The minimum absolute atomic E-state index is 0.00422. The zero-order valence-corrected chi connectivity index (χ0v) is 16.8. The second-order valence-electron chi connectivity index (χ2n) is 6.48. The van der Waals surface area contributed by atoms with Gasteiger partial charge in [0, 0.05) is 11.8 Å². The number of nitrogens with one attached hydrogen (secondary N) is 3. The molecule has 0 unspecified atom stereocenters. The fourth-order valence-corrected chi connectivity index (χ4v) is 3.62. The summed E-state index contributed by atoms with van der Waals surface area (Å²) in [4.78, 5) is 26.6. The van der Waals surface area contributed by atoms with Crippen LogP contribution >= 0.6 is 0 Å². The first kappa shape index (κ1) is 21.2. The van der Waals surface area contributed by atoms with Crippen LogP contribution in [-0.4, -0.2) is 20.2 Å². The molecule has 1 heterocycles. The normalized spacial score (nSPS) is 10.9. The molecule has 2 amide bonds. The van der Waals surface area contributed by atoms with Gasteiger partial charge in [-0.15, -0.1) is 4.83 Å². The standard InChI is InChI=1S/C21H20N4O4S/c26-20(22-19-11-5-2-6-12-19)15-25-13-7-10-18(14-25)21(27)23-24-30(28,29)16-17-8-3-1-4-9-17/h1-14,24H,15-16H2,(H-,22,23,26,27)/p+1. The summed E-state index contributed by atoms with van der Waals surface area (Å²) < 4.78 is 25.8. The molecule has 0 saturated carbocycles. The number of pyridine rings is 1. The molecule has 3 aromatic rings. The van der Waals surface area contributed by atoms with Gasteiger partial charge < -0.3 is 5.32 Å². The van der Waals surface area contributed by atoms with E-state index in [1.165, 1.54) is 16.8 Å². The van der Waals surface area contributed by atoms with Crippen molar-refractivity contribution in [3.63, 3.8) is 0 Å². The molecule has 0 atom stereocenters. The van der Waals surface area contributed by atoms with Gasteiger partial charge in [-0.25, -0.2) is 8.42 Å². The molecule has 3 N–H and O–H groups in total. The second-order valence-corrected chi connectivity index (χ2v) is 8.20. The number of benzene rings is 2. The monoisotopic (exact) mass is 425 g/mol. The molecular formula is C21H21N4O4S+. The number of carbonyl (C=O) groups is 2. The average Bonchev–Trinajstić information content (AvgIpc) is 2.73. The zero-order valence-electron chi connectivity index (χ0n) is 16.0. The molecule has 0 bridgehead atoms. The Morgan fingerprint density at radius 3 is 2.23 bits per heavy atom. The third-order valence-corrected chi connectivity index (χ3v) is 5.15. The molecule has 30 heavy (non-hydrogen) atoms. The van der Waals surface area contributed by atoms with E-state index in [1.54, 1.807) is 54.7 Å². The number of hydrogen-bond acceptors (Lipinski definition) is 4. The van der Waals surface area contributed by atoms with Gasteiger partial charge in [-0.3, -0.25) is 15.0 Å². The summed E-state index contributed by atoms with van der Waals surface area (Å²) in [7, 11) is -3.75. The highest BCUT2D eigenvalue weighted by atomic mass is 32.2. The van der Waals surface area contributed by atoms with Crippen LogP contribution in [0.2, 0.25) is 0 Å². The molecule has 3 rings (SSSR count). The number of hydrogen-bond donors (Lipinski definition) is 3. The SMILES string of the molecule is O=C(C[n+]1cccc(C(=O)NNS(=O)(=O)Cc2ccccc2)c1)Nc1ccccc1. The number of amides is 2. The average molecular weight is 425 g/mol. The van der Waals surface area contributed by atoms with E-state index in [1.807, 2.05) is 18.2 Å². The largest absolute Gasteiger partial charge is 0.321 e. The summed E-state index contributed by atoms with van der Waals surface area (Å²) in [5, 5.41) is 2.76. The Bertz CT molecular complexity index is 1120. The summed E-state index contributed by atoms with van der Waals surface area (Å²) >= 11 is 0. The van der Waals surface area contributed by atoms with E-state index in [-0.39, 0.29) is 23.8 Å². The minimum atomic E-state index is -3.75. The Labute approximate surface area is 174 Å². The molecule has 8 nitrogen and oxygen atoms in total. The third kappa shape index (κ3) is 6.50. The van der Waals surface area contributed by atoms with Gasteiger partial charge >= 0.3 is 0 Å². The van der Waals surface area contributed by atoms with Gasteiger partial charge in [0.25, 0.3) is 11.8 Å². The van der Waals surface area contributed by atoms with Gasteiger partial charge in [-0.2, -0.15) is 4.57 Å². The van der Waals surface area contributed by atoms with E-state index >= 15 is 0 Å². The van der Waals surface area contributed by atoms with Crippen molar-refractivity contribution in [1.82, 2.24) is 10.3 Å². The van der Waals surface area contributed by atoms with Crippen LogP contribution in [0.1, 0.15) is 15.9 Å². The summed E-state index contributed by atoms with van der Waals surface area (Å²) in [5.41, 5.74) is 3.66. The highest BCUT2D eigenvalue weighted by Gasteiger charge is 2.17. The second kappa shape index (κ2) is 9.77. The number of para-hydroxylation sites is 1. The molecular weight excluding hydrogens is 404 g/mol. The van der Waals surface area contributed by atoms with Crippen LogP contribution < -0.4 is 20.1 Å². The van der Waals surface area contributed by atoms with Gasteiger partial charge in [0.15, 0.2) is 12.4 Å². The van der Waals surface area contributed by atoms with Crippen molar-refractivity contribution in [2.75, 3.05) is 5.32 Å². The number of aromatic nitrogens is 1. The molecule has 0 aliphatic heterocycles. The first-order valence-corrected chi connectivity index (χ1v) is 10.7. The summed E-state index contributed by atoms with van der Waals surface area (Å²) in [6.07, 6.45) is 3.10. The van der Waals surface area contributed by atoms with Crippen molar-refractivity contribution in [2.24, 2.45) is 0 Å². The van der Waals surface area contributed by atoms with E-state index in [4.69, 9.17) is 0 Å². The van der Waals surface area contributed by atoms with Crippen molar-refractivity contribution >= 4 is 27.5 Å². The Balaban J connectivity index is 1.57. The van der Waals surface area contributed by atoms with E-state index in [2.05, 4.69) is 15.6 Å². The quantitative estimate of drug-likeness (QED) is 0.374. The van der Waals surface area contributed by atoms with Gasteiger partial charge in [0.1, 0.15) is 5.56 Å². The van der Waals surface area contributed by atoms with Crippen LogP contribution in [0, 0.1) is 0 Å². The molecule has 1 aromatic heterocycles. The van der Waals surface area contributed by atoms with Crippen LogP contribution in [0.4, 0.5) is 5.69 Å². The van der Waals surface area contributed by atoms with Gasteiger partial charge in [-0.05, 0) is 23.8 Å². The Hall–Kier alpha value is -3.56. The molecule has 0 fully saturated rings. The van der Waals surface area contributed by atoms with Crippen molar-refractivity contribution < 1.29 is 22.6 Å². The Kier molecular flexibility index (Phi) is 6.89. The first-order valence-electron chi connectivity index (χ1n) is 9.09. The number of sulfonamides is 1. The van der Waals surface area contributed by atoms with Gasteiger partial charge in [0.05, 0.1) is 5.75 Å². The predicted octanol–water partition coefficient (Wildman–Crippen LogP) is 1.38. The third-order valence-electron chi connectivity index (χ3n) is 4.02. The molecule has 0 aliphatic rings. The number of hydrazine groups is 1. The number of rotatable bonds is 8. The lowest BCUT2D eigenvalue weighted by atomic mass is 10.2. The molecule has 0 aliphatic carbocycles. The summed E-state index contributed by atoms with van der Waals surface area (Å²) in [6.45, 7) is -0.00422. The lowest BCUT2D eigenvalue weighted by molar-refractivity contribution is -0.684. The van der Waals surface area contributed by atoms with Crippen molar-refractivity contribution in [2.45, 2.75) is 12.3 Å². The highest BCUT2D eigenvalue weighted by Crippen LogP contribution is 2.05. The van der Waals surface area contributed by atoms with Crippen LogP contribution in [0.15, 0.2) is 85.2 Å². The van der Waals surface area contributed by atoms with Crippen LogP contribution in [-0.2, 0) is 27.1 Å². The van der Waals surface area contributed by atoms with Crippen LogP contribution in [0.3, 0.4) is 0 Å². The molecule has 2 aromatic carbocycles. The van der Waals surface area contributed by atoms with Crippen molar-refractivity contribution in [3.8, 4) is 0 Å². The highest BCUT2D eigenvalue weighted by molar-refractivity contribution is 7.88. The Morgan fingerprint density at radius 1 is 0.867 bits per heavy atom. The minimum Gasteiger partial charge on any atom is -0.321 e. The first-order chi connectivity index (χ1) is 14.4. The fourth-order valence-electron chi connectivity index (χ4n) is 2.67. The van der Waals surface area contributed by atoms with E-state index < -0.39 is 15.9 Å². The Morgan fingerprint density at radius 2 is 1.53 bits per heavy atom. The predicted molar refractivity (Wildman–Crippen MR) is 111 cm³/mol. The number of nitrogens with zero attached hydrogens (tertiary/aromatic N) is 1. The van der Waals surface area contributed by atoms with Crippen molar-refractivity contribution in [1.29, 1.82) is 0 Å². The molecule has 0 radical (unpaired) electrons. The topological polar surface area (TPSA) is 108 Å². The maximum Gasteiger partial charge on any atom is 0.290 e. The maximum atomic E-state index is 12.3. The molecule has 0 spiro atoms.